The first-order valence-corrected chi connectivity index (χ1v) is 9.59. The number of benzene rings is 1. The molecule has 1 N–H and O–H groups in total. The first kappa shape index (κ1) is 17.7. The maximum atomic E-state index is 12.0. The van der Waals surface area contributed by atoms with Crippen molar-refractivity contribution >= 4 is 11.9 Å². The SMILES string of the molecule is CCOC(=O)N1CCN(c2nc(-c3ccccc3)nc3c2CCNC3)CC1. The van der Waals surface area contributed by atoms with Crippen LogP contribution in [-0.2, 0) is 17.7 Å². The lowest BCUT2D eigenvalue weighted by Crippen LogP contribution is -2.49. The number of carbonyl (C=O) groups is 1. The lowest BCUT2D eigenvalue weighted by Gasteiger charge is -2.36. The van der Waals surface area contributed by atoms with Crippen LogP contribution in [0.5, 0.6) is 0 Å². The van der Waals surface area contributed by atoms with E-state index in [9.17, 15) is 4.79 Å². The Labute approximate surface area is 159 Å². The van der Waals surface area contributed by atoms with Gasteiger partial charge in [-0.15, -0.1) is 0 Å². The van der Waals surface area contributed by atoms with Crippen molar-refractivity contribution in [1.82, 2.24) is 20.2 Å². The molecule has 0 aliphatic carbocycles. The molecule has 142 valence electrons. The minimum Gasteiger partial charge on any atom is -0.450 e. The molecule has 27 heavy (non-hydrogen) atoms. The van der Waals surface area contributed by atoms with Crippen LogP contribution in [0.15, 0.2) is 30.3 Å². The summed E-state index contributed by atoms with van der Waals surface area (Å²) in [5, 5.41) is 3.41. The second-order valence-corrected chi connectivity index (χ2v) is 6.76. The van der Waals surface area contributed by atoms with Crippen molar-refractivity contribution in [2.75, 3.05) is 44.2 Å². The Morgan fingerprint density at radius 2 is 1.93 bits per heavy atom. The minimum absolute atomic E-state index is 0.226. The van der Waals surface area contributed by atoms with Gasteiger partial charge in [0.15, 0.2) is 5.82 Å². The third-order valence-corrected chi connectivity index (χ3v) is 5.05. The molecule has 0 saturated carbocycles. The Bertz CT molecular complexity index is 804. The average Bonchev–Trinajstić information content (AvgIpc) is 2.74. The summed E-state index contributed by atoms with van der Waals surface area (Å²) in [7, 11) is 0. The van der Waals surface area contributed by atoms with Gasteiger partial charge in [-0.3, -0.25) is 0 Å². The molecule has 4 rings (SSSR count). The Kier molecular flexibility index (Phi) is 5.20. The zero-order valence-electron chi connectivity index (χ0n) is 15.6. The fourth-order valence-corrected chi connectivity index (χ4v) is 3.63. The second-order valence-electron chi connectivity index (χ2n) is 6.76. The van der Waals surface area contributed by atoms with Crippen LogP contribution >= 0.6 is 0 Å². The first-order valence-electron chi connectivity index (χ1n) is 9.59. The molecule has 1 amide bonds. The molecule has 7 heteroatoms. The predicted octanol–water partition coefficient (Wildman–Crippen LogP) is 2.07. The normalized spacial score (nSPS) is 16.8. The Balaban J connectivity index is 1.61. The summed E-state index contributed by atoms with van der Waals surface area (Å²) in [5.74, 6) is 1.78. The van der Waals surface area contributed by atoms with Crippen molar-refractivity contribution in [1.29, 1.82) is 0 Å². The Hall–Kier alpha value is -2.67. The monoisotopic (exact) mass is 367 g/mol. The number of ether oxygens (including phenoxy) is 1. The number of nitrogens with zero attached hydrogens (tertiary/aromatic N) is 4. The maximum Gasteiger partial charge on any atom is 0.409 e. The second kappa shape index (κ2) is 7.92. The molecule has 1 saturated heterocycles. The van der Waals surface area contributed by atoms with Crippen LogP contribution in [0, 0.1) is 0 Å². The summed E-state index contributed by atoms with van der Waals surface area (Å²) in [6.45, 7) is 6.76. The lowest BCUT2D eigenvalue weighted by molar-refractivity contribution is 0.105. The number of hydrogen-bond donors (Lipinski definition) is 1. The van der Waals surface area contributed by atoms with E-state index in [0.29, 0.717) is 19.7 Å². The van der Waals surface area contributed by atoms with Crippen molar-refractivity contribution < 1.29 is 9.53 Å². The number of anilines is 1. The summed E-state index contributed by atoms with van der Waals surface area (Å²) < 4.78 is 5.12. The van der Waals surface area contributed by atoms with Crippen molar-refractivity contribution in [3.05, 3.63) is 41.6 Å². The van der Waals surface area contributed by atoms with Gasteiger partial charge in [-0.25, -0.2) is 14.8 Å². The molecule has 2 aliphatic heterocycles. The predicted molar refractivity (Wildman–Crippen MR) is 104 cm³/mol. The molecule has 3 heterocycles. The van der Waals surface area contributed by atoms with E-state index in [2.05, 4.69) is 10.2 Å². The standard InChI is InChI=1S/C20H25N5O2/c1-2-27-20(26)25-12-10-24(11-13-25)19-16-8-9-21-14-17(16)22-18(23-19)15-6-4-3-5-7-15/h3-7,21H,2,8-14H2,1H3. The third kappa shape index (κ3) is 3.73. The van der Waals surface area contributed by atoms with E-state index in [0.717, 1.165) is 55.5 Å². The molecule has 7 nitrogen and oxygen atoms in total. The fraction of sp³-hybridized carbons (Fsp3) is 0.450. The van der Waals surface area contributed by atoms with Crippen molar-refractivity contribution in [3.63, 3.8) is 0 Å². The van der Waals surface area contributed by atoms with Crippen LogP contribution in [-0.4, -0.2) is 60.3 Å². The van der Waals surface area contributed by atoms with E-state index >= 15 is 0 Å². The van der Waals surface area contributed by atoms with Crippen LogP contribution in [0.2, 0.25) is 0 Å². The largest absolute Gasteiger partial charge is 0.450 e. The zero-order valence-corrected chi connectivity index (χ0v) is 15.6. The van der Waals surface area contributed by atoms with Crippen LogP contribution in [0.3, 0.4) is 0 Å². The number of carbonyl (C=O) groups excluding carboxylic acids is 1. The molecule has 1 fully saturated rings. The molecular weight excluding hydrogens is 342 g/mol. The molecule has 1 aromatic heterocycles. The highest BCUT2D eigenvalue weighted by molar-refractivity contribution is 5.68. The molecule has 0 bridgehead atoms. The number of piperazine rings is 1. The highest BCUT2D eigenvalue weighted by atomic mass is 16.6. The smallest absolute Gasteiger partial charge is 0.409 e. The number of hydrogen-bond acceptors (Lipinski definition) is 6. The Morgan fingerprint density at radius 1 is 1.15 bits per heavy atom. The van der Waals surface area contributed by atoms with Gasteiger partial charge in [-0.1, -0.05) is 30.3 Å². The number of nitrogens with one attached hydrogen (secondary N) is 1. The highest BCUT2D eigenvalue weighted by Crippen LogP contribution is 2.28. The van der Waals surface area contributed by atoms with Gasteiger partial charge in [-0.05, 0) is 19.9 Å². The van der Waals surface area contributed by atoms with E-state index in [1.807, 2.05) is 37.3 Å². The van der Waals surface area contributed by atoms with Crippen LogP contribution in [0.1, 0.15) is 18.2 Å². The van der Waals surface area contributed by atoms with Crippen LogP contribution in [0.4, 0.5) is 10.6 Å². The van der Waals surface area contributed by atoms with Gasteiger partial charge in [-0.2, -0.15) is 0 Å². The van der Waals surface area contributed by atoms with Crippen LogP contribution < -0.4 is 10.2 Å². The molecular formula is C20H25N5O2. The maximum absolute atomic E-state index is 12.0. The molecule has 0 atom stereocenters. The number of fused-ring (bicyclic) bond motifs is 1. The van der Waals surface area contributed by atoms with Crippen molar-refractivity contribution in [2.45, 2.75) is 19.9 Å². The zero-order chi connectivity index (χ0) is 18.6. The summed E-state index contributed by atoms with van der Waals surface area (Å²) in [4.78, 5) is 25.8. The van der Waals surface area contributed by atoms with Crippen molar-refractivity contribution in [2.24, 2.45) is 0 Å². The van der Waals surface area contributed by atoms with E-state index in [1.165, 1.54) is 5.56 Å². The number of amides is 1. The average molecular weight is 367 g/mol. The molecule has 0 spiro atoms. The van der Waals surface area contributed by atoms with Gasteiger partial charge in [0.05, 0.1) is 12.3 Å². The molecule has 0 unspecified atom stereocenters. The van der Waals surface area contributed by atoms with Gasteiger partial charge >= 0.3 is 6.09 Å². The minimum atomic E-state index is -0.226. The summed E-state index contributed by atoms with van der Waals surface area (Å²) in [6, 6.07) is 10.1. The summed E-state index contributed by atoms with van der Waals surface area (Å²) in [5.41, 5.74) is 3.34. The lowest BCUT2D eigenvalue weighted by atomic mass is 10.1. The molecule has 0 radical (unpaired) electrons. The van der Waals surface area contributed by atoms with Gasteiger partial charge in [0.25, 0.3) is 0 Å². The number of aromatic nitrogens is 2. The topological polar surface area (TPSA) is 70.6 Å². The van der Waals surface area contributed by atoms with E-state index in [-0.39, 0.29) is 6.09 Å². The van der Waals surface area contributed by atoms with Gasteiger partial charge < -0.3 is 19.9 Å². The molecule has 2 aromatic rings. The van der Waals surface area contributed by atoms with E-state index < -0.39 is 0 Å². The van der Waals surface area contributed by atoms with E-state index in [1.54, 1.807) is 4.90 Å². The highest BCUT2D eigenvalue weighted by Gasteiger charge is 2.27. The van der Waals surface area contributed by atoms with Crippen molar-refractivity contribution in [3.8, 4) is 11.4 Å². The summed E-state index contributed by atoms with van der Waals surface area (Å²) >= 11 is 0. The van der Waals surface area contributed by atoms with Crippen LogP contribution in [0.25, 0.3) is 11.4 Å². The molecule has 1 aromatic carbocycles. The van der Waals surface area contributed by atoms with Gasteiger partial charge in [0, 0.05) is 43.9 Å². The number of rotatable bonds is 3. The Morgan fingerprint density at radius 3 is 2.67 bits per heavy atom. The third-order valence-electron chi connectivity index (χ3n) is 5.05. The summed E-state index contributed by atoms with van der Waals surface area (Å²) in [6.07, 6.45) is 0.703. The molecule has 2 aliphatic rings. The quantitative estimate of drug-likeness (QED) is 0.896. The fourth-order valence-electron chi connectivity index (χ4n) is 3.63. The van der Waals surface area contributed by atoms with E-state index in [4.69, 9.17) is 14.7 Å². The van der Waals surface area contributed by atoms with Gasteiger partial charge in [0.2, 0.25) is 0 Å². The van der Waals surface area contributed by atoms with Gasteiger partial charge in [0.1, 0.15) is 5.82 Å². The first-order chi connectivity index (χ1) is 13.3.